The number of halogens is 2. The van der Waals surface area contributed by atoms with Gasteiger partial charge in [-0.1, -0.05) is 0 Å². The van der Waals surface area contributed by atoms with Crippen molar-refractivity contribution in [3.8, 4) is 11.5 Å². The van der Waals surface area contributed by atoms with E-state index in [0.29, 0.717) is 5.56 Å². The number of hydrogen-bond donors (Lipinski definition) is 0. The first-order valence-electron chi connectivity index (χ1n) is 4.18. The predicted octanol–water partition coefficient (Wildman–Crippen LogP) is 2.50. The summed E-state index contributed by atoms with van der Waals surface area (Å²) in [7, 11) is 1.33. The molecule has 0 unspecified atom stereocenters. The maximum absolute atomic E-state index is 12.0. The van der Waals surface area contributed by atoms with E-state index in [9.17, 15) is 13.6 Å². The van der Waals surface area contributed by atoms with Gasteiger partial charge in [0.25, 0.3) is 0 Å². The van der Waals surface area contributed by atoms with Crippen LogP contribution in [0.1, 0.15) is 17.3 Å². The van der Waals surface area contributed by atoms with Crippen molar-refractivity contribution in [2.45, 2.75) is 13.5 Å². The Bertz CT molecular complexity index is 364. The molecule has 0 N–H and O–H groups in total. The summed E-state index contributed by atoms with van der Waals surface area (Å²) in [6.45, 7) is -1.60. The zero-order valence-corrected chi connectivity index (χ0v) is 8.29. The summed E-state index contributed by atoms with van der Waals surface area (Å²) >= 11 is 0. The molecule has 0 spiro atoms. The molecular formula is C10H10F2O3. The number of alkyl halides is 2. The van der Waals surface area contributed by atoms with Crippen molar-refractivity contribution in [2.24, 2.45) is 0 Å². The first-order chi connectivity index (χ1) is 7.04. The van der Waals surface area contributed by atoms with E-state index < -0.39 is 6.61 Å². The topological polar surface area (TPSA) is 35.5 Å². The van der Waals surface area contributed by atoms with Crippen molar-refractivity contribution < 1.29 is 23.0 Å². The van der Waals surface area contributed by atoms with E-state index in [1.54, 1.807) is 0 Å². The number of carbonyl (C=O) groups excluding carboxylic acids is 1. The lowest BCUT2D eigenvalue weighted by Gasteiger charge is -2.10. The molecule has 0 saturated heterocycles. The van der Waals surface area contributed by atoms with E-state index in [1.807, 2.05) is 0 Å². The number of carbonyl (C=O) groups is 1. The second-order valence-corrected chi connectivity index (χ2v) is 2.80. The number of hydrogen-bond acceptors (Lipinski definition) is 3. The SMILES string of the molecule is COc1ccc(C(C)=O)cc1OC(F)F. The zero-order valence-electron chi connectivity index (χ0n) is 8.29. The minimum Gasteiger partial charge on any atom is -0.493 e. The predicted molar refractivity (Wildman–Crippen MR) is 49.6 cm³/mol. The maximum Gasteiger partial charge on any atom is 0.387 e. The van der Waals surface area contributed by atoms with Gasteiger partial charge >= 0.3 is 6.61 Å². The van der Waals surface area contributed by atoms with Crippen LogP contribution < -0.4 is 9.47 Å². The number of Topliss-reactive ketones (excluding diaryl/α,β-unsaturated/α-hetero) is 1. The molecule has 0 aliphatic rings. The van der Waals surface area contributed by atoms with Gasteiger partial charge in [0.1, 0.15) is 0 Å². The van der Waals surface area contributed by atoms with Crippen molar-refractivity contribution in [2.75, 3.05) is 7.11 Å². The molecule has 0 aliphatic carbocycles. The van der Waals surface area contributed by atoms with Crippen LogP contribution in [0.5, 0.6) is 11.5 Å². The normalized spacial score (nSPS) is 10.2. The fraction of sp³-hybridized carbons (Fsp3) is 0.300. The van der Waals surface area contributed by atoms with Crippen LogP contribution in [0.15, 0.2) is 18.2 Å². The van der Waals surface area contributed by atoms with E-state index >= 15 is 0 Å². The number of ether oxygens (including phenoxy) is 2. The molecule has 1 aromatic rings. The molecule has 0 atom stereocenters. The van der Waals surface area contributed by atoms with Crippen LogP contribution in [0.25, 0.3) is 0 Å². The molecule has 0 aliphatic heterocycles. The standard InChI is InChI=1S/C10H10F2O3/c1-6(13)7-3-4-8(14-2)9(5-7)15-10(11)12/h3-5,10H,1-2H3. The highest BCUT2D eigenvalue weighted by atomic mass is 19.3. The molecule has 0 aromatic heterocycles. The molecule has 0 amide bonds. The third-order valence-electron chi connectivity index (χ3n) is 1.79. The summed E-state index contributed by atoms with van der Waals surface area (Å²) in [6.07, 6.45) is 0. The van der Waals surface area contributed by atoms with Crippen LogP contribution in [0.4, 0.5) is 8.78 Å². The quantitative estimate of drug-likeness (QED) is 0.725. The van der Waals surface area contributed by atoms with Gasteiger partial charge in [0.05, 0.1) is 7.11 Å². The minimum absolute atomic E-state index is 0.139. The maximum atomic E-state index is 12.0. The first kappa shape index (κ1) is 11.4. The van der Waals surface area contributed by atoms with E-state index in [-0.39, 0.29) is 17.3 Å². The van der Waals surface area contributed by atoms with Gasteiger partial charge in [-0.2, -0.15) is 8.78 Å². The Balaban J connectivity index is 3.07. The van der Waals surface area contributed by atoms with Gasteiger partial charge in [-0.3, -0.25) is 4.79 Å². The second-order valence-electron chi connectivity index (χ2n) is 2.80. The van der Waals surface area contributed by atoms with E-state index in [4.69, 9.17) is 4.74 Å². The third kappa shape index (κ3) is 2.90. The summed E-state index contributed by atoms with van der Waals surface area (Å²) in [4.78, 5) is 11.0. The van der Waals surface area contributed by atoms with Crippen molar-refractivity contribution in [3.63, 3.8) is 0 Å². The van der Waals surface area contributed by atoms with Gasteiger partial charge < -0.3 is 9.47 Å². The molecule has 0 saturated carbocycles. The van der Waals surface area contributed by atoms with Crippen molar-refractivity contribution in [1.82, 2.24) is 0 Å². The van der Waals surface area contributed by atoms with Crippen LogP contribution in [0.2, 0.25) is 0 Å². The molecule has 82 valence electrons. The molecule has 0 fully saturated rings. The Morgan fingerprint density at radius 1 is 1.33 bits per heavy atom. The molecule has 1 rings (SSSR count). The summed E-state index contributed by atoms with van der Waals surface area (Å²) in [5.74, 6) is -0.197. The molecule has 0 heterocycles. The van der Waals surface area contributed by atoms with Crippen molar-refractivity contribution in [3.05, 3.63) is 23.8 Å². The lowest BCUT2D eigenvalue weighted by molar-refractivity contribution is -0.0512. The summed E-state index contributed by atoms with van der Waals surface area (Å²) in [5.41, 5.74) is 0.298. The average molecular weight is 216 g/mol. The molecule has 0 radical (unpaired) electrons. The molecule has 5 heteroatoms. The molecule has 15 heavy (non-hydrogen) atoms. The fourth-order valence-electron chi connectivity index (χ4n) is 1.08. The van der Waals surface area contributed by atoms with Gasteiger partial charge in [0, 0.05) is 5.56 Å². The van der Waals surface area contributed by atoms with Crippen LogP contribution in [-0.2, 0) is 0 Å². The highest BCUT2D eigenvalue weighted by Gasteiger charge is 2.12. The Labute approximate surface area is 85.6 Å². The monoisotopic (exact) mass is 216 g/mol. The van der Waals surface area contributed by atoms with E-state index in [1.165, 1.54) is 32.2 Å². The smallest absolute Gasteiger partial charge is 0.387 e. The Morgan fingerprint density at radius 2 is 2.00 bits per heavy atom. The average Bonchev–Trinajstić information content (AvgIpc) is 2.16. The summed E-state index contributed by atoms with van der Waals surface area (Å²) < 4.78 is 33.0. The number of benzene rings is 1. The lowest BCUT2D eigenvalue weighted by Crippen LogP contribution is -2.04. The van der Waals surface area contributed by atoms with Crippen LogP contribution in [0, 0.1) is 0 Å². The van der Waals surface area contributed by atoms with Crippen LogP contribution in [-0.4, -0.2) is 19.5 Å². The van der Waals surface area contributed by atoms with Gasteiger partial charge in [-0.05, 0) is 25.1 Å². The van der Waals surface area contributed by atoms with E-state index in [2.05, 4.69) is 4.74 Å². The first-order valence-corrected chi connectivity index (χ1v) is 4.18. The summed E-state index contributed by atoms with van der Waals surface area (Å²) in [5, 5.41) is 0. The lowest BCUT2D eigenvalue weighted by atomic mass is 10.1. The van der Waals surface area contributed by atoms with Crippen LogP contribution in [0.3, 0.4) is 0 Å². The van der Waals surface area contributed by atoms with Gasteiger partial charge in [0.2, 0.25) is 0 Å². The van der Waals surface area contributed by atoms with Gasteiger partial charge in [0.15, 0.2) is 17.3 Å². The fourth-order valence-corrected chi connectivity index (χ4v) is 1.08. The Morgan fingerprint density at radius 3 is 2.47 bits per heavy atom. The molecular weight excluding hydrogens is 206 g/mol. The summed E-state index contributed by atoms with van der Waals surface area (Å²) in [6, 6.07) is 4.13. The van der Waals surface area contributed by atoms with Gasteiger partial charge in [-0.15, -0.1) is 0 Å². The molecule has 0 bridgehead atoms. The molecule has 3 nitrogen and oxygen atoms in total. The Kier molecular flexibility index (Phi) is 3.60. The molecule has 1 aromatic carbocycles. The number of rotatable bonds is 4. The highest BCUT2D eigenvalue weighted by molar-refractivity contribution is 5.94. The Hall–Kier alpha value is -1.65. The van der Waals surface area contributed by atoms with E-state index in [0.717, 1.165) is 0 Å². The number of methoxy groups -OCH3 is 1. The van der Waals surface area contributed by atoms with Crippen molar-refractivity contribution in [1.29, 1.82) is 0 Å². The number of ketones is 1. The largest absolute Gasteiger partial charge is 0.493 e. The minimum atomic E-state index is -2.94. The van der Waals surface area contributed by atoms with Gasteiger partial charge in [-0.25, -0.2) is 0 Å². The van der Waals surface area contributed by atoms with Crippen LogP contribution >= 0.6 is 0 Å². The third-order valence-corrected chi connectivity index (χ3v) is 1.79. The zero-order chi connectivity index (χ0) is 11.4. The highest BCUT2D eigenvalue weighted by Crippen LogP contribution is 2.29. The second kappa shape index (κ2) is 4.72. The van der Waals surface area contributed by atoms with Crippen molar-refractivity contribution >= 4 is 5.78 Å².